The molecule has 0 fully saturated rings. The zero-order valence-corrected chi connectivity index (χ0v) is 29.2. The zero-order chi connectivity index (χ0) is 38.1. The Hall–Kier alpha value is -5.83. The third-order valence-electron chi connectivity index (χ3n) is 7.34. The average Bonchev–Trinajstić information content (AvgIpc) is 3.10. The molecule has 0 bridgehead atoms. The number of alkyl halides is 3. The van der Waals surface area contributed by atoms with Gasteiger partial charge in [-0.25, -0.2) is 18.2 Å². The number of aromatic nitrogens is 1. The predicted molar refractivity (Wildman–Crippen MR) is 190 cm³/mol. The lowest BCUT2D eigenvalue weighted by atomic mass is 10.0. The number of fused-ring (bicyclic) bond motifs is 1. The highest BCUT2D eigenvalue weighted by atomic mass is 32.2. The summed E-state index contributed by atoms with van der Waals surface area (Å²) < 4.78 is 70.5. The fraction of sp³-hybridized carbons (Fsp3) is 0.216. The third kappa shape index (κ3) is 9.90. The number of sulfone groups is 1. The number of carbonyl (C=O) groups excluding carboxylic acids is 1. The Labute approximate surface area is 298 Å². The number of nitrogens with two attached hydrogens (primary N) is 1. The summed E-state index contributed by atoms with van der Waals surface area (Å²) in [5, 5.41) is 15.1. The van der Waals surface area contributed by atoms with E-state index >= 15 is 0 Å². The van der Waals surface area contributed by atoms with Gasteiger partial charge in [0, 0.05) is 23.8 Å². The van der Waals surface area contributed by atoms with Gasteiger partial charge in [0.1, 0.15) is 11.9 Å². The summed E-state index contributed by atoms with van der Waals surface area (Å²) in [6.45, 7) is 6.14. The summed E-state index contributed by atoms with van der Waals surface area (Å²) in [6, 6.07) is 26.9. The van der Waals surface area contributed by atoms with Gasteiger partial charge in [0.05, 0.1) is 22.5 Å². The highest BCUT2D eigenvalue weighted by molar-refractivity contribution is 7.91. The number of carbonyl (C=O) groups is 2. The normalized spacial score (nSPS) is 12.0. The number of aliphatic carboxylic acids is 1. The number of benzene rings is 4. The number of carboxylic acid groups (broad SMARTS) is 1. The molecule has 5 N–H and O–H groups in total. The van der Waals surface area contributed by atoms with E-state index in [9.17, 15) is 26.4 Å². The largest absolute Gasteiger partial charge is 0.490 e. The van der Waals surface area contributed by atoms with Gasteiger partial charge < -0.3 is 30.9 Å². The fourth-order valence-electron chi connectivity index (χ4n) is 5.00. The van der Waals surface area contributed by atoms with Crippen LogP contribution in [0.15, 0.2) is 113 Å². The van der Waals surface area contributed by atoms with Crippen molar-refractivity contribution in [1.29, 1.82) is 0 Å². The van der Waals surface area contributed by atoms with Crippen molar-refractivity contribution < 1.29 is 45.8 Å². The minimum absolute atomic E-state index is 0.00790. The van der Waals surface area contributed by atoms with E-state index in [0.717, 1.165) is 10.8 Å². The standard InChI is InChI=1S/C35H36N4O5S.C2HF3O2/c1-4-43-31-21-25(14-17-30(31)44-23(2)3)33(39-27-15-16-29-24(20-27)18-19-37-34(29)36)35(40)38-22-26-10-8-9-13-32(26)45(41,42)28-11-6-5-7-12-28;3-2(4,5)1(6)7/h5-21,23,33,39H,4,22H2,1-3H3,(H2,36,37)(H,38,40);(H,6,7). The highest BCUT2D eigenvalue weighted by Crippen LogP contribution is 2.34. The average molecular weight is 739 g/mol. The first-order chi connectivity index (χ1) is 24.6. The second kappa shape index (κ2) is 16.9. The van der Waals surface area contributed by atoms with Crippen molar-refractivity contribution in [3.8, 4) is 11.5 Å². The minimum atomic E-state index is -5.08. The summed E-state index contributed by atoms with van der Waals surface area (Å²) >= 11 is 0. The number of anilines is 2. The van der Waals surface area contributed by atoms with E-state index < -0.39 is 28.0 Å². The summed E-state index contributed by atoms with van der Waals surface area (Å²) in [6.07, 6.45) is -3.52. The van der Waals surface area contributed by atoms with Gasteiger partial charge in [0.2, 0.25) is 15.7 Å². The maximum absolute atomic E-state index is 14.0. The van der Waals surface area contributed by atoms with Crippen molar-refractivity contribution in [2.75, 3.05) is 17.7 Å². The molecule has 52 heavy (non-hydrogen) atoms. The first-order valence-corrected chi connectivity index (χ1v) is 17.4. The molecule has 4 aromatic carbocycles. The Balaban J connectivity index is 0.000000785. The molecule has 1 amide bonds. The molecule has 1 aromatic heterocycles. The smallest absolute Gasteiger partial charge is 0.490 e. The van der Waals surface area contributed by atoms with E-state index in [1.165, 1.54) is 0 Å². The van der Waals surface area contributed by atoms with Gasteiger partial charge >= 0.3 is 12.1 Å². The Morgan fingerprint density at radius 3 is 2.25 bits per heavy atom. The Bertz CT molecular complexity index is 2130. The second-order valence-corrected chi connectivity index (χ2v) is 13.4. The molecule has 0 radical (unpaired) electrons. The molecule has 0 aliphatic carbocycles. The molecule has 274 valence electrons. The van der Waals surface area contributed by atoms with Gasteiger partial charge in [-0.3, -0.25) is 4.79 Å². The second-order valence-electron chi connectivity index (χ2n) is 11.5. The molecule has 0 aliphatic rings. The fourth-order valence-corrected chi connectivity index (χ4v) is 6.52. The van der Waals surface area contributed by atoms with E-state index in [-0.39, 0.29) is 28.3 Å². The van der Waals surface area contributed by atoms with Crippen LogP contribution in [-0.2, 0) is 26.0 Å². The van der Waals surface area contributed by atoms with Gasteiger partial charge in [0.15, 0.2) is 11.5 Å². The summed E-state index contributed by atoms with van der Waals surface area (Å²) in [7, 11) is -3.80. The highest BCUT2D eigenvalue weighted by Gasteiger charge is 2.38. The molecule has 11 nitrogen and oxygen atoms in total. The number of nitrogen functional groups attached to an aromatic ring is 1. The van der Waals surface area contributed by atoms with Crippen LogP contribution in [0.1, 0.15) is 37.9 Å². The molecular formula is C37H37F3N4O7S. The molecular weight excluding hydrogens is 701 g/mol. The van der Waals surface area contributed by atoms with Crippen molar-refractivity contribution in [3.63, 3.8) is 0 Å². The lowest BCUT2D eigenvalue weighted by Crippen LogP contribution is -2.33. The van der Waals surface area contributed by atoms with Gasteiger partial charge in [-0.15, -0.1) is 0 Å². The quantitative estimate of drug-likeness (QED) is 0.105. The minimum Gasteiger partial charge on any atom is -0.490 e. The number of ether oxygens (including phenoxy) is 2. The Morgan fingerprint density at radius 1 is 0.923 bits per heavy atom. The Kier molecular flexibility index (Phi) is 12.7. The van der Waals surface area contributed by atoms with Gasteiger partial charge in [-0.2, -0.15) is 13.2 Å². The number of halogens is 3. The molecule has 5 rings (SSSR count). The molecule has 0 spiro atoms. The van der Waals surface area contributed by atoms with E-state index in [0.29, 0.717) is 40.7 Å². The van der Waals surface area contributed by atoms with E-state index in [1.54, 1.807) is 72.9 Å². The molecule has 1 atom stereocenters. The third-order valence-corrected chi connectivity index (χ3v) is 9.21. The molecule has 1 unspecified atom stereocenters. The number of pyridine rings is 1. The lowest BCUT2D eigenvalue weighted by molar-refractivity contribution is -0.192. The Morgan fingerprint density at radius 2 is 1.60 bits per heavy atom. The zero-order valence-electron chi connectivity index (χ0n) is 28.3. The number of nitrogens with zero attached hydrogens (tertiary/aromatic N) is 1. The van der Waals surface area contributed by atoms with Crippen LogP contribution < -0.4 is 25.8 Å². The van der Waals surface area contributed by atoms with Gasteiger partial charge in [0.25, 0.3) is 0 Å². The van der Waals surface area contributed by atoms with Crippen LogP contribution in [0.3, 0.4) is 0 Å². The van der Waals surface area contributed by atoms with Gasteiger partial charge in [-0.1, -0.05) is 42.5 Å². The van der Waals surface area contributed by atoms with Crippen LogP contribution in [0.5, 0.6) is 11.5 Å². The summed E-state index contributed by atoms with van der Waals surface area (Å²) in [4.78, 5) is 27.3. The molecule has 1 heterocycles. The van der Waals surface area contributed by atoms with Crippen molar-refractivity contribution in [2.45, 2.75) is 55.4 Å². The van der Waals surface area contributed by atoms with Crippen LogP contribution in [0.2, 0.25) is 0 Å². The number of nitrogens with one attached hydrogen (secondary N) is 2. The van der Waals surface area contributed by atoms with Crippen molar-refractivity contribution in [3.05, 3.63) is 114 Å². The van der Waals surface area contributed by atoms with Crippen LogP contribution in [0, 0.1) is 0 Å². The summed E-state index contributed by atoms with van der Waals surface area (Å²) in [5.41, 5.74) is 7.83. The first-order valence-electron chi connectivity index (χ1n) is 15.9. The van der Waals surface area contributed by atoms with Crippen molar-refractivity contribution in [1.82, 2.24) is 10.3 Å². The SMILES string of the molecule is CCOc1cc(C(Nc2ccc3c(N)nccc3c2)C(=O)NCc2ccccc2S(=O)(=O)c2ccccc2)ccc1OC(C)C.O=C(O)C(F)(F)F. The van der Waals surface area contributed by atoms with E-state index in [2.05, 4.69) is 15.6 Å². The summed E-state index contributed by atoms with van der Waals surface area (Å²) in [5.74, 6) is -1.62. The van der Waals surface area contributed by atoms with E-state index in [1.807, 2.05) is 51.1 Å². The van der Waals surface area contributed by atoms with Crippen LogP contribution in [-0.4, -0.2) is 49.3 Å². The number of rotatable bonds is 12. The van der Waals surface area contributed by atoms with E-state index in [4.69, 9.17) is 25.1 Å². The number of hydrogen-bond acceptors (Lipinski definition) is 9. The number of amides is 1. The molecule has 0 saturated carbocycles. The number of carboxylic acids is 1. The molecule has 15 heteroatoms. The number of hydrogen-bond donors (Lipinski definition) is 4. The van der Waals surface area contributed by atoms with Crippen LogP contribution in [0.4, 0.5) is 24.7 Å². The van der Waals surface area contributed by atoms with Crippen LogP contribution in [0.25, 0.3) is 10.8 Å². The van der Waals surface area contributed by atoms with Crippen LogP contribution >= 0.6 is 0 Å². The van der Waals surface area contributed by atoms with Crippen molar-refractivity contribution >= 4 is 44.0 Å². The maximum Gasteiger partial charge on any atom is 0.490 e. The predicted octanol–water partition coefficient (Wildman–Crippen LogP) is 6.94. The first kappa shape index (κ1) is 39.0. The molecule has 5 aromatic rings. The van der Waals surface area contributed by atoms with Gasteiger partial charge in [-0.05, 0) is 91.9 Å². The molecule has 0 saturated heterocycles. The maximum atomic E-state index is 14.0. The van der Waals surface area contributed by atoms with Crippen molar-refractivity contribution in [2.24, 2.45) is 0 Å². The lowest BCUT2D eigenvalue weighted by Gasteiger charge is -2.23. The topological polar surface area (TPSA) is 170 Å². The molecule has 0 aliphatic heterocycles. The monoisotopic (exact) mass is 738 g/mol.